The Morgan fingerprint density at radius 2 is 1.93 bits per heavy atom. The Kier molecular flexibility index (Phi) is 9.02. The van der Waals surface area contributed by atoms with Gasteiger partial charge >= 0.3 is 0 Å². The van der Waals surface area contributed by atoms with Gasteiger partial charge in [-0.05, 0) is 55.4 Å². The second-order valence-electron chi connectivity index (χ2n) is 11.2. The van der Waals surface area contributed by atoms with Crippen LogP contribution in [-0.4, -0.2) is 62.4 Å². The van der Waals surface area contributed by atoms with Crippen LogP contribution in [0.2, 0.25) is 5.02 Å². The second-order valence-corrected chi connectivity index (χ2v) is 13.6. The van der Waals surface area contributed by atoms with Gasteiger partial charge in [-0.25, -0.2) is 13.4 Å². The third-order valence-electron chi connectivity index (χ3n) is 7.70. The Labute approximate surface area is 257 Å². The van der Waals surface area contributed by atoms with Gasteiger partial charge in [-0.3, -0.25) is 9.29 Å². The van der Waals surface area contributed by atoms with E-state index in [0.29, 0.717) is 42.8 Å². The van der Waals surface area contributed by atoms with E-state index in [-0.39, 0.29) is 27.5 Å². The van der Waals surface area contributed by atoms with Crippen molar-refractivity contribution < 1.29 is 17.6 Å². The van der Waals surface area contributed by atoms with Crippen molar-refractivity contribution in [2.45, 2.75) is 37.1 Å². The van der Waals surface area contributed by atoms with Gasteiger partial charge in [0.05, 0.1) is 22.7 Å². The minimum atomic E-state index is -4.05. The third-order valence-corrected chi connectivity index (χ3v) is 9.80. The van der Waals surface area contributed by atoms with Crippen molar-refractivity contribution in [3.8, 4) is 11.5 Å². The zero-order valence-electron chi connectivity index (χ0n) is 24.6. The summed E-state index contributed by atoms with van der Waals surface area (Å²) in [4.78, 5) is 10.8. The average Bonchev–Trinajstić information content (AvgIpc) is 3.46. The van der Waals surface area contributed by atoms with Gasteiger partial charge in [0.2, 0.25) is 11.8 Å². The van der Waals surface area contributed by atoms with Crippen molar-refractivity contribution in [2.24, 2.45) is 17.6 Å². The number of hydrogen-bond acceptors (Lipinski definition) is 10. The Balaban J connectivity index is 1.59. The number of benzene rings is 1. The first-order valence-corrected chi connectivity index (χ1v) is 15.8. The normalized spacial score (nSPS) is 17.8. The molecule has 3 aromatic heterocycles. The largest absolute Gasteiger partial charge is 0.419 e. The van der Waals surface area contributed by atoms with Crippen LogP contribution < -0.4 is 14.9 Å². The maximum atomic E-state index is 13.6. The molecule has 0 amide bonds. The number of halogens is 1. The highest BCUT2D eigenvalue weighted by Crippen LogP contribution is 2.42. The molecule has 0 spiro atoms. The summed E-state index contributed by atoms with van der Waals surface area (Å²) in [5.41, 5.74) is 7.04. The first-order valence-electron chi connectivity index (χ1n) is 14.0. The second kappa shape index (κ2) is 12.6. The summed E-state index contributed by atoms with van der Waals surface area (Å²) in [6.07, 6.45) is 4.36. The molecule has 3 atom stereocenters. The highest BCUT2D eigenvalue weighted by atomic mass is 35.5. The van der Waals surface area contributed by atoms with E-state index in [0.717, 1.165) is 22.8 Å². The lowest BCUT2D eigenvalue weighted by molar-refractivity contribution is 0.204. The molecule has 228 valence electrons. The van der Waals surface area contributed by atoms with E-state index in [1.54, 1.807) is 19.2 Å². The van der Waals surface area contributed by atoms with Crippen LogP contribution in [0.25, 0.3) is 11.5 Å². The van der Waals surface area contributed by atoms with Gasteiger partial charge in [0.1, 0.15) is 10.7 Å². The molecule has 1 fully saturated rings. The van der Waals surface area contributed by atoms with Gasteiger partial charge in [-0.2, -0.15) is 0 Å². The Hall–Kier alpha value is -3.58. The molecule has 0 radical (unpaired) electrons. The first kappa shape index (κ1) is 30.9. The first-order chi connectivity index (χ1) is 20.5. The fraction of sp³-hybridized carbons (Fsp3) is 0.400. The van der Waals surface area contributed by atoms with Crippen LogP contribution in [0.5, 0.6) is 0 Å². The summed E-state index contributed by atoms with van der Waals surface area (Å²) in [6.45, 7) is 5.75. The SMILES string of the molecule is COCCN(CC1CC1C)c1cc(-c2nnc(C(C)(N)Cc3ccccc3)o2)c(Cl)c(N(C)S(=O)(=O)c2cccnc2)n1. The standard InChI is InChI=1S/C30H36ClN7O4S/c1-20-15-22(20)19-38(13-14-41-4)25-16-24(26(31)27(34-25)37(3)43(39,40)23-11-8-12-33-18-23)28-35-36-29(42-28)30(2,32)17-21-9-6-5-7-10-21/h5-12,16,18,20,22H,13-15,17,19,32H2,1-4H3. The van der Waals surface area contributed by atoms with Crippen LogP contribution in [0, 0.1) is 11.8 Å². The average molecular weight is 626 g/mol. The summed E-state index contributed by atoms with van der Waals surface area (Å²) < 4.78 is 39.8. The molecule has 0 bridgehead atoms. The van der Waals surface area contributed by atoms with Crippen molar-refractivity contribution in [1.29, 1.82) is 0 Å². The van der Waals surface area contributed by atoms with E-state index >= 15 is 0 Å². The molecule has 11 nitrogen and oxygen atoms in total. The van der Waals surface area contributed by atoms with Crippen molar-refractivity contribution in [3.05, 3.63) is 77.4 Å². The van der Waals surface area contributed by atoms with Gasteiger partial charge in [-0.1, -0.05) is 48.9 Å². The predicted octanol–water partition coefficient (Wildman–Crippen LogP) is 4.53. The highest BCUT2D eigenvalue weighted by Gasteiger charge is 2.36. The van der Waals surface area contributed by atoms with E-state index in [2.05, 4.69) is 27.0 Å². The van der Waals surface area contributed by atoms with Crippen molar-refractivity contribution >= 4 is 33.3 Å². The molecular weight excluding hydrogens is 590 g/mol. The lowest BCUT2D eigenvalue weighted by Gasteiger charge is -2.27. The molecule has 1 aliphatic carbocycles. The number of nitrogens with two attached hydrogens (primary N) is 1. The minimum Gasteiger partial charge on any atom is -0.419 e. The molecule has 0 saturated heterocycles. The van der Waals surface area contributed by atoms with Crippen molar-refractivity contribution in [3.63, 3.8) is 0 Å². The molecular formula is C30H36ClN7O4S. The monoisotopic (exact) mass is 625 g/mol. The van der Waals surface area contributed by atoms with E-state index in [9.17, 15) is 8.42 Å². The molecule has 4 aromatic rings. The number of ether oxygens (including phenoxy) is 1. The lowest BCUT2D eigenvalue weighted by atomic mass is 9.94. The zero-order chi connectivity index (χ0) is 30.8. The molecule has 1 aliphatic rings. The molecule has 1 aromatic carbocycles. The van der Waals surface area contributed by atoms with Gasteiger partial charge in [-0.15, -0.1) is 10.2 Å². The number of anilines is 2. The van der Waals surface area contributed by atoms with Crippen LogP contribution in [0.4, 0.5) is 11.6 Å². The minimum absolute atomic E-state index is 0.00486. The Bertz CT molecular complexity index is 1650. The number of pyridine rings is 2. The molecule has 5 rings (SSSR count). The predicted molar refractivity (Wildman–Crippen MR) is 165 cm³/mol. The van der Waals surface area contributed by atoms with Crippen molar-refractivity contribution in [2.75, 3.05) is 43.1 Å². The van der Waals surface area contributed by atoms with Gasteiger partial charge in [0, 0.05) is 39.6 Å². The van der Waals surface area contributed by atoms with Crippen LogP contribution in [-0.2, 0) is 26.7 Å². The Morgan fingerprint density at radius 3 is 2.58 bits per heavy atom. The quantitative estimate of drug-likeness (QED) is 0.225. The smallest absolute Gasteiger partial charge is 0.266 e. The van der Waals surface area contributed by atoms with Crippen LogP contribution in [0.15, 0.2) is 70.2 Å². The van der Waals surface area contributed by atoms with Gasteiger partial charge < -0.3 is 19.8 Å². The molecule has 0 aliphatic heterocycles. The summed E-state index contributed by atoms with van der Waals surface area (Å²) in [5.74, 6) is 1.94. The fourth-order valence-corrected chi connectivity index (χ4v) is 6.37. The maximum absolute atomic E-state index is 13.6. The van der Waals surface area contributed by atoms with E-state index in [4.69, 9.17) is 31.5 Å². The number of aromatic nitrogens is 4. The maximum Gasteiger partial charge on any atom is 0.266 e. The van der Waals surface area contributed by atoms with Crippen molar-refractivity contribution in [1.82, 2.24) is 20.2 Å². The summed E-state index contributed by atoms with van der Waals surface area (Å²) in [7, 11) is -1.01. The molecule has 13 heteroatoms. The molecule has 43 heavy (non-hydrogen) atoms. The lowest BCUT2D eigenvalue weighted by Crippen LogP contribution is -2.35. The summed E-state index contributed by atoms with van der Waals surface area (Å²) >= 11 is 6.92. The van der Waals surface area contributed by atoms with E-state index < -0.39 is 15.6 Å². The molecule has 3 unspecified atom stereocenters. The number of hydrogen-bond donors (Lipinski definition) is 1. The third kappa shape index (κ3) is 6.82. The van der Waals surface area contributed by atoms with Crippen LogP contribution >= 0.6 is 11.6 Å². The molecule has 3 heterocycles. The summed E-state index contributed by atoms with van der Waals surface area (Å²) in [6, 6.07) is 14.6. The van der Waals surface area contributed by atoms with Gasteiger partial charge in [0.15, 0.2) is 5.82 Å². The topological polar surface area (TPSA) is 141 Å². The number of sulfonamides is 1. The fourth-order valence-electron chi connectivity index (χ4n) is 4.90. The highest BCUT2D eigenvalue weighted by molar-refractivity contribution is 7.92. The number of nitrogens with zero attached hydrogens (tertiary/aromatic N) is 6. The van der Waals surface area contributed by atoms with Crippen LogP contribution in [0.3, 0.4) is 0 Å². The Morgan fingerprint density at radius 1 is 1.19 bits per heavy atom. The van der Waals surface area contributed by atoms with E-state index in [1.807, 2.05) is 37.3 Å². The summed E-state index contributed by atoms with van der Waals surface area (Å²) in [5, 5.41) is 8.61. The molecule has 1 saturated carbocycles. The molecule has 2 N–H and O–H groups in total. The zero-order valence-corrected chi connectivity index (χ0v) is 26.2. The van der Waals surface area contributed by atoms with Gasteiger partial charge in [0.25, 0.3) is 10.0 Å². The number of methoxy groups -OCH3 is 1. The van der Waals surface area contributed by atoms with Crippen LogP contribution in [0.1, 0.15) is 31.7 Å². The number of rotatable bonds is 13. The van der Waals surface area contributed by atoms with E-state index in [1.165, 1.54) is 25.5 Å².